The van der Waals surface area contributed by atoms with Crippen molar-refractivity contribution in [1.29, 1.82) is 0 Å². The van der Waals surface area contributed by atoms with E-state index in [2.05, 4.69) is 12.2 Å². The average molecular weight is 227 g/mol. The molecular formula is C13H25NO2. The van der Waals surface area contributed by atoms with Crippen LogP contribution in [0, 0.1) is 0 Å². The molecule has 1 aliphatic carbocycles. The third-order valence-electron chi connectivity index (χ3n) is 4.02. The Balaban J connectivity index is 1.72. The fourth-order valence-corrected chi connectivity index (χ4v) is 3.15. The van der Waals surface area contributed by atoms with E-state index in [0.29, 0.717) is 12.6 Å². The summed E-state index contributed by atoms with van der Waals surface area (Å²) < 4.78 is 6.17. The van der Waals surface area contributed by atoms with Crippen LogP contribution in [0.5, 0.6) is 0 Å². The first-order valence-corrected chi connectivity index (χ1v) is 6.81. The number of ether oxygens (including phenoxy) is 1. The van der Waals surface area contributed by atoms with E-state index >= 15 is 0 Å². The molecule has 2 N–H and O–H groups in total. The minimum atomic E-state index is -0.249. The summed E-state index contributed by atoms with van der Waals surface area (Å²) in [5, 5.41) is 13.0. The van der Waals surface area contributed by atoms with E-state index < -0.39 is 0 Å². The zero-order valence-corrected chi connectivity index (χ0v) is 10.4. The van der Waals surface area contributed by atoms with Crippen LogP contribution in [0.4, 0.5) is 0 Å². The van der Waals surface area contributed by atoms with Crippen LogP contribution < -0.4 is 5.32 Å². The van der Waals surface area contributed by atoms with Crippen molar-refractivity contribution in [2.24, 2.45) is 0 Å². The van der Waals surface area contributed by atoms with Crippen LogP contribution >= 0.6 is 0 Å². The maximum atomic E-state index is 9.83. The normalized spacial score (nSPS) is 30.0. The predicted molar refractivity (Wildman–Crippen MR) is 64.5 cm³/mol. The highest BCUT2D eigenvalue weighted by molar-refractivity contribution is 4.93. The summed E-state index contributed by atoms with van der Waals surface area (Å²) >= 11 is 0. The average Bonchev–Trinajstić information content (AvgIpc) is 2.87. The molecule has 0 aromatic carbocycles. The highest BCUT2D eigenvalue weighted by Gasteiger charge is 2.42. The van der Waals surface area contributed by atoms with Crippen LogP contribution in [0.2, 0.25) is 0 Å². The van der Waals surface area contributed by atoms with E-state index in [-0.39, 0.29) is 11.7 Å². The van der Waals surface area contributed by atoms with E-state index in [4.69, 9.17) is 4.74 Å². The first-order chi connectivity index (χ1) is 7.74. The van der Waals surface area contributed by atoms with Gasteiger partial charge in [0, 0.05) is 13.0 Å². The van der Waals surface area contributed by atoms with E-state index in [1.54, 1.807) is 0 Å². The fraction of sp³-hybridized carbons (Fsp3) is 1.00. The Kier molecular flexibility index (Phi) is 4.22. The van der Waals surface area contributed by atoms with Crippen molar-refractivity contribution in [2.45, 2.75) is 69.7 Å². The molecule has 0 aromatic rings. The Morgan fingerprint density at radius 2 is 2.12 bits per heavy atom. The zero-order chi connectivity index (χ0) is 11.4. The number of aliphatic hydroxyl groups excluding tert-OH is 1. The van der Waals surface area contributed by atoms with Crippen LogP contribution in [-0.2, 0) is 4.74 Å². The van der Waals surface area contributed by atoms with Crippen molar-refractivity contribution in [3.05, 3.63) is 0 Å². The molecule has 0 bridgehead atoms. The molecule has 1 saturated carbocycles. The van der Waals surface area contributed by atoms with Gasteiger partial charge in [0.1, 0.15) is 0 Å². The molecule has 2 rings (SSSR count). The monoisotopic (exact) mass is 227 g/mol. The SMILES string of the molecule is CCNCC(O)CC1CCC2(CCCC2)O1. The van der Waals surface area contributed by atoms with Crippen LogP contribution in [0.25, 0.3) is 0 Å². The maximum Gasteiger partial charge on any atom is 0.0689 e. The maximum absolute atomic E-state index is 9.83. The summed E-state index contributed by atoms with van der Waals surface area (Å²) in [5.74, 6) is 0. The number of aliphatic hydroxyl groups is 1. The number of nitrogens with one attached hydrogen (secondary N) is 1. The summed E-state index contributed by atoms with van der Waals surface area (Å²) in [6.07, 6.45) is 8.34. The second-order valence-corrected chi connectivity index (χ2v) is 5.37. The van der Waals surface area contributed by atoms with Gasteiger partial charge in [0.2, 0.25) is 0 Å². The molecule has 0 amide bonds. The predicted octanol–water partition coefficient (Wildman–Crippen LogP) is 1.84. The molecule has 3 heteroatoms. The molecule has 0 aromatic heterocycles. The van der Waals surface area contributed by atoms with E-state index in [1.807, 2.05) is 0 Å². The van der Waals surface area contributed by atoms with Crippen molar-refractivity contribution in [1.82, 2.24) is 5.32 Å². The largest absolute Gasteiger partial charge is 0.392 e. The first-order valence-electron chi connectivity index (χ1n) is 6.81. The minimum Gasteiger partial charge on any atom is -0.392 e. The molecule has 1 heterocycles. The minimum absolute atomic E-state index is 0.211. The lowest BCUT2D eigenvalue weighted by molar-refractivity contribution is -0.0518. The van der Waals surface area contributed by atoms with Crippen molar-refractivity contribution in [3.63, 3.8) is 0 Å². The van der Waals surface area contributed by atoms with Gasteiger partial charge in [-0.25, -0.2) is 0 Å². The Bertz CT molecular complexity index is 214. The van der Waals surface area contributed by atoms with Crippen LogP contribution in [0.15, 0.2) is 0 Å². The van der Waals surface area contributed by atoms with Gasteiger partial charge < -0.3 is 15.2 Å². The quantitative estimate of drug-likeness (QED) is 0.753. The van der Waals surface area contributed by atoms with Gasteiger partial charge in [0.05, 0.1) is 17.8 Å². The smallest absolute Gasteiger partial charge is 0.0689 e. The molecule has 3 nitrogen and oxygen atoms in total. The van der Waals surface area contributed by atoms with Gasteiger partial charge in [0.15, 0.2) is 0 Å². The lowest BCUT2D eigenvalue weighted by Crippen LogP contribution is -2.31. The van der Waals surface area contributed by atoms with E-state index in [9.17, 15) is 5.11 Å². The molecule has 2 fully saturated rings. The van der Waals surface area contributed by atoms with Gasteiger partial charge in [-0.2, -0.15) is 0 Å². The van der Waals surface area contributed by atoms with Gasteiger partial charge in [-0.3, -0.25) is 0 Å². The Morgan fingerprint density at radius 1 is 1.38 bits per heavy atom. The molecule has 94 valence electrons. The molecule has 2 unspecified atom stereocenters. The third-order valence-corrected chi connectivity index (χ3v) is 4.02. The number of likely N-dealkylation sites (N-methyl/N-ethyl adjacent to an activating group) is 1. The van der Waals surface area contributed by atoms with Crippen molar-refractivity contribution in [3.8, 4) is 0 Å². The van der Waals surface area contributed by atoms with Gasteiger partial charge in [-0.15, -0.1) is 0 Å². The van der Waals surface area contributed by atoms with Crippen molar-refractivity contribution < 1.29 is 9.84 Å². The third kappa shape index (κ3) is 2.96. The number of hydrogen-bond donors (Lipinski definition) is 2. The number of hydrogen-bond acceptors (Lipinski definition) is 3. The summed E-state index contributed by atoms with van der Waals surface area (Å²) in [6.45, 7) is 3.68. The fourth-order valence-electron chi connectivity index (χ4n) is 3.15. The molecule has 2 aliphatic rings. The van der Waals surface area contributed by atoms with E-state index in [1.165, 1.54) is 32.1 Å². The topological polar surface area (TPSA) is 41.5 Å². The standard InChI is InChI=1S/C13H25NO2/c1-2-14-10-11(15)9-12-5-8-13(16-12)6-3-4-7-13/h11-12,14-15H,2-10H2,1H3. The summed E-state index contributed by atoms with van der Waals surface area (Å²) in [4.78, 5) is 0. The van der Waals surface area contributed by atoms with Gasteiger partial charge in [-0.1, -0.05) is 19.8 Å². The van der Waals surface area contributed by atoms with Crippen molar-refractivity contribution in [2.75, 3.05) is 13.1 Å². The van der Waals surface area contributed by atoms with Gasteiger partial charge in [0.25, 0.3) is 0 Å². The molecule has 1 spiro atoms. The molecule has 2 atom stereocenters. The second kappa shape index (κ2) is 5.48. The number of rotatable bonds is 5. The van der Waals surface area contributed by atoms with Gasteiger partial charge >= 0.3 is 0 Å². The zero-order valence-electron chi connectivity index (χ0n) is 10.4. The van der Waals surface area contributed by atoms with Crippen LogP contribution in [0.3, 0.4) is 0 Å². The summed E-state index contributed by atoms with van der Waals surface area (Å²) in [6, 6.07) is 0. The van der Waals surface area contributed by atoms with Crippen molar-refractivity contribution >= 4 is 0 Å². The Morgan fingerprint density at radius 3 is 2.81 bits per heavy atom. The van der Waals surface area contributed by atoms with E-state index in [0.717, 1.165) is 19.4 Å². The molecule has 16 heavy (non-hydrogen) atoms. The molecule has 1 aliphatic heterocycles. The summed E-state index contributed by atoms with van der Waals surface area (Å²) in [5.41, 5.74) is 0.211. The molecule has 0 radical (unpaired) electrons. The lowest BCUT2D eigenvalue weighted by Gasteiger charge is -2.24. The van der Waals surface area contributed by atoms with Gasteiger partial charge in [-0.05, 0) is 32.2 Å². The Hall–Kier alpha value is -0.120. The van der Waals surface area contributed by atoms with Crippen LogP contribution in [-0.4, -0.2) is 36.0 Å². The first kappa shape index (κ1) is 12.3. The molecular weight excluding hydrogens is 202 g/mol. The second-order valence-electron chi connectivity index (χ2n) is 5.37. The Labute approximate surface area is 98.6 Å². The summed E-state index contributed by atoms with van der Waals surface area (Å²) in [7, 11) is 0. The lowest BCUT2D eigenvalue weighted by atomic mass is 9.98. The highest BCUT2D eigenvalue weighted by Crippen LogP contribution is 2.44. The highest BCUT2D eigenvalue weighted by atomic mass is 16.5. The molecule has 1 saturated heterocycles. The van der Waals surface area contributed by atoms with Crippen LogP contribution in [0.1, 0.15) is 51.9 Å².